The van der Waals surface area contributed by atoms with Crippen LogP contribution >= 0.6 is 0 Å². The van der Waals surface area contributed by atoms with Crippen LogP contribution in [0.25, 0.3) is 0 Å². The Morgan fingerprint density at radius 2 is 1.69 bits per heavy atom. The predicted molar refractivity (Wildman–Crippen MR) is 185 cm³/mol. The second kappa shape index (κ2) is 19.0. The zero-order chi connectivity index (χ0) is 32.5. The summed E-state index contributed by atoms with van der Waals surface area (Å²) in [5.74, 6) is 0.0248. The van der Waals surface area contributed by atoms with E-state index in [0.717, 1.165) is 25.7 Å². The number of unbranched alkanes of at least 4 members (excludes halogenated alkanes) is 1. The highest BCUT2D eigenvalue weighted by Gasteiger charge is 2.50. The molecule has 1 aliphatic rings. The Morgan fingerprint density at radius 3 is 2.29 bits per heavy atom. The lowest BCUT2D eigenvalue weighted by Gasteiger charge is -2.44. The van der Waals surface area contributed by atoms with E-state index in [1.54, 1.807) is 20.1 Å². The number of hydrogen-bond acceptors (Lipinski definition) is 6. The molecule has 0 spiro atoms. The summed E-state index contributed by atoms with van der Waals surface area (Å²) in [4.78, 5) is 12.0. The molecule has 0 fully saturated rings. The largest absolute Gasteiger partial charge is 0.463 e. The van der Waals surface area contributed by atoms with Crippen molar-refractivity contribution in [2.45, 2.75) is 77.5 Å². The van der Waals surface area contributed by atoms with Crippen molar-refractivity contribution in [3.8, 4) is 0 Å². The van der Waals surface area contributed by atoms with Crippen molar-refractivity contribution in [3.63, 3.8) is 0 Å². The van der Waals surface area contributed by atoms with Gasteiger partial charge in [0.2, 0.25) is 0 Å². The van der Waals surface area contributed by atoms with E-state index < -0.39 is 8.32 Å². The molecule has 0 aliphatic heterocycles. The summed E-state index contributed by atoms with van der Waals surface area (Å²) in [6.07, 6.45) is 16.0. The second-order valence-corrected chi connectivity index (χ2v) is 16.9. The maximum absolute atomic E-state index is 12.0. The lowest BCUT2D eigenvalue weighted by atomic mass is 9.89. The van der Waals surface area contributed by atoms with Gasteiger partial charge in [-0.3, -0.25) is 0 Å². The molecule has 3 rings (SSSR count). The van der Waals surface area contributed by atoms with Crippen molar-refractivity contribution in [1.29, 1.82) is 0 Å². The smallest absolute Gasteiger partial charge is 0.330 e. The van der Waals surface area contributed by atoms with E-state index in [2.05, 4.69) is 113 Å². The molecule has 0 saturated heterocycles. The van der Waals surface area contributed by atoms with Gasteiger partial charge in [-0.15, -0.1) is 0 Å². The van der Waals surface area contributed by atoms with Crippen LogP contribution in [0.5, 0.6) is 0 Å². The predicted octanol–water partition coefficient (Wildman–Crippen LogP) is 7.00. The van der Waals surface area contributed by atoms with E-state index in [-0.39, 0.29) is 41.8 Å². The monoisotopic (exact) mass is 634 g/mol. The van der Waals surface area contributed by atoms with Crippen molar-refractivity contribution in [2.24, 2.45) is 11.8 Å². The fraction of sp³-hybridized carbons (Fsp3) is 0.500. The third kappa shape index (κ3) is 10.9. The third-order valence-corrected chi connectivity index (χ3v) is 13.4. The number of carbonyl (C=O) groups excluding carboxylic acids is 1. The van der Waals surface area contributed by atoms with Gasteiger partial charge in [0.1, 0.15) is 6.79 Å². The molecule has 2 aromatic rings. The Morgan fingerprint density at radius 1 is 1.02 bits per heavy atom. The van der Waals surface area contributed by atoms with Gasteiger partial charge < -0.3 is 23.4 Å². The van der Waals surface area contributed by atoms with Crippen molar-refractivity contribution in [1.82, 2.24) is 0 Å². The molecule has 45 heavy (non-hydrogen) atoms. The molecule has 7 heteroatoms. The normalized spacial score (nSPS) is 18.5. The summed E-state index contributed by atoms with van der Waals surface area (Å²) in [6, 6.07) is 21.7. The van der Waals surface area contributed by atoms with Gasteiger partial charge in [-0.05, 0) is 66.9 Å². The standard InChI is InChI=1S/C38H54O6Si/c1-7-42-37(39)27-26-36(43-30-41-29-28-40-6)35-25-17-20-32(35)19-12-8-11-18-31(2)44-45(38(3,4)5,33-21-13-9-14-22-33)34-23-15-10-16-24-34/h9-10,12-17,19,21-27,31-32,35-36H,7-8,11,18,20,28-30H2,1-6H3/b19-12+,27-26+/t31-,32+,35+,36+/m0/s1. The maximum atomic E-state index is 12.0. The minimum Gasteiger partial charge on any atom is -0.463 e. The number of hydrogen-bond donors (Lipinski definition) is 0. The molecule has 0 heterocycles. The Labute approximate surface area is 272 Å². The first kappa shape index (κ1) is 36.7. The highest BCUT2D eigenvalue weighted by atomic mass is 28.4. The summed E-state index contributed by atoms with van der Waals surface area (Å²) >= 11 is 0. The van der Waals surface area contributed by atoms with E-state index in [9.17, 15) is 4.79 Å². The summed E-state index contributed by atoms with van der Waals surface area (Å²) in [6.45, 7) is 12.4. The Kier molecular flexibility index (Phi) is 15.5. The van der Waals surface area contributed by atoms with Gasteiger partial charge >= 0.3 is 5.97 Å². The lowest BCUT2D eigenvalue weighted by Crippen LogP contribution is -2.67. The van der Waals surface area contributed by atoms with E-state index in [4.69, 9.17) is 23.4 Å². The first-order valence-corrected chi connectivity index (χ1v) is 18.3. The molecule has 0 aromatic heterocycles. The van der Waals surface area contributed by atoms with E-state index in [1.807, 2.05) is 0 Å². The zero-order valence-corrected chi connectivity index (χ0v) is 29.2. The molecule has 246 valence electrons. The van der Waals surface area contributed by atoms with Crippen molar-refractivity contribution in [2.75, 3.05) is 33.7 Å². The molecule has 2 aromatic carbocycles. The quantitative estimate of drug-likeness (QED) is 0.0414. The van der Waals surface area contributed by atoms with Crippen LogP contribution in [-0.4, -0.2) is 60.2 Å². The first-order valence-electron chi connectivity index (χ1n) is 16.4. The van der Waals surface area contributed by atoms with Gasteiger partial charge in [0.15, 0.2) is 0 Å². The molecule has 0 amide bonds. The van der Waals surface area contributed by atoms with Crippen LogP contribution in [0.4, 0.5) is 0 Å². The van der Waals surface area contributed by atoms with E-state index in [0.29, 0.717) is 19.8 Å². The van der Waals surface area contributed by atoms with Crippen LogP contribution in [0.1, 0.15) is 60.3 Å². The molecule has 0 N–H and O–H groups in total. The number of benzene rings is 2. The molecular weight excluding hydrogens is 580 g/mol. The molecule has 4 atom stereocenters. The van der Waals surface area contributed by atoms with Gasteiger partial charge in [-0.25, -0.2) is 4.79 Å². The highest BCUT2D eigenvalue weighted by Crippen LogP contribution is 2.38. The van der Waals surface area contributed by atoms with Crippen molar-refractivity contribution < 1.29 is 28.2 Å². The van der Waals surface area contributed by atoms with Crippen LogP contribution in [0, 0.1) is 11.8 Å². The number of carbonyl (C=O) groups is 1. The van der Waals surface area contributed by atoms with Crippen molar-refractivity contribution in [3.05, 3.63) is 97.1 Å². The molecule has 0 bridgehead atoms. The third-order valence-electron chi connectivity index (χ3n) is 8.28. The topological polar surface area (TPSA) is 63.2 Å². The first-order chi connectivity index (χ1) is 21.7. The van der Waals surface area contributed by atoms with Gasteiger partial charge in [0, 0.05) is 25.2 Å². The SMILES string of the molecule is CCOC(=O)/C=C/[C@@H](OCOCCOC)[C@@H]1C=CC[C@H]1/C=C/CCC[C@H](C)O[Si](c1ccccc1)(c1ccccc1)C(C)(C)C. The van der Waals surface area contributed by atoms with Crippen LogP contribution in [-0.2, 0) is 28.2 Å². The number of allylic oxidation sites excluding steroid dienone is 3. The molecule has 0 saturated carbocycles. The average Bonchev–Trinajstić information content (AvgIpc) is 3.49. The van der Waals surface area contributed by atoms with Crippen LogP contribution in [0.15, 0.2) is 97.1 Å². The molecule has 0 unspecified atom stereocenters. The molecular formula is C38H54O6Si. The Balaban J connectivity index is 1.63. The van der Waals surface area contributed by atoms with E-state index in [1.165, 1.54) is 16.4 Å². The molecule has 6 nitrogen and oxygen atoms in total. The summed E-state index contributed by atoms with van der Waals surface area (Å²) < 4.78 is 29.0. The Hall–Kier alpha value is -2.81. The minimum absolute atomic E-state index is 0.0382. The zero-order valence-electron chi connectivity index (χ0n) is 28.2. The van der Waals surface area contributed by atoms with Crippen molar-refractivity contribution >= 4 is 24.7 Å². The fourth-order valence-corrected chi connectivity index (χ4v) is 10.8. The average molecular weight is 635 g/mol. The minimum atomic E-state index is -2.56. The van der Waals surface area contributed by atoms with Gasteiger partial charge in [0.05, 0.1) is 25.9 Å². The number of rotatable bonds is 19. The number of esters is 1. The summed E-state index contributed by atoms with van der Waals surface area (Å²) in [7, 11) is -0.923. The van der Waals surface area contributed by atoms with Crippen LogP contribution in [0.2, 0.25) is 5.04 Å². The number of ether oxygens (including phenoxy) is 4. The second-order valence-electron chi connectivity index (χ2n) is 12.6. The number of methoxy groups -OCH3 is 1. The van der Waals surface area contributed by atoms with Gasteiger partial charge in [-0.2, -0.15) is 0 Å². The van der Waals surface area contributed by atoms with Gasteiger partial charge in [-0.1, -0.05) is 106 Å². The summed E-state index contributed by atoms with van der Waals surface area (Å²) in [5.41, 5.74) is 0. The van der Waals surface area contributed by atoms with E-state index >= 15 is 0 Å². The van der Waals surface area contributed by atoms with Gasteiger partial charge in [0.25, 0.3) is 8.32 Å². The lowest BCUT2D eigenvalue weighted by molar-refractivity contribution is -0.137. The summed E-state index contributed by atoms with van der Waals surface area (Å²) in [5, 5.41) is 2.59. The van der Waals surface area contributed by atoms with Crippen LogP contribution < -0.4 is 10.4 Å². The van der Waals surface area contributed by atoms with Crippen LogP contribution in [0.3, 0.4) is 0 Å². The fourth-order valence-electron chi connectivity index (χ4n) is 6.09. The molecule has 0 radical (unpaired) electrons. The molecule has 1 aliphatic carbocycles. The Bertz CT molecular complexity index is 1160. The highest BCUT2D eigenvalue weighted by molar-refractivity contribution is 6.99. The maximum Gasteiger partial charge on any atom is 0.330 e.